The van der Waals surface area contributed by atoms with Gasteiger partial charge in [-0.15, -0.1) is 0 Å². The maximum atomic E-state index is 13.8. The van der Waals surface area contributed by atoms with Gasteiger partial charge in [-0.2, -0.15) is 10.1 Å². The first-order chi connectivity index (χ1) is 16.5. The Bertz CT molecular complexity index is 1450. The number of rotatable bonds is 3. The molecule has 1 aromatic heterocycles. The summed E-state index contributed by atoms with van der Waals surface area (Å²) in [7, 11) is 1.61. The average Bonchev–Trinajstić information content (AvgIpc) is 3.31. The summed E-state index contributed by atoms with van der Waals surface area (Å²) < 4.78 is 27.6. The molecule has 0 spiro atoms. The summed E-state index contributed by atoms with van der Waals surface area (Å²) in [5.41, 5.74) is 4.06. The molecule has 170 valence electrons. The third-order valence-corrected chi connectivity index (χ3v) is 6.61. The lowest BCUT2D eigenvalue weighted by Crippen LogP contribution is -2.32. The Morgan fingerprint density at radius 1 is 1.06 bits per heavy atom. The highest BCUT2D eigenvalue weighted by atomic mass is 35.5. The molecule has 3 aromatic carbocycles. The number of nitrogens with zero attached hydrogens (tertiary/aromatic N) is 3. The van der Waals surface area contributed by atoms with Crippen LogP contribution in [0.4, 0.5) is 10.3 Å². The summed E-state index contributed by atoms with van der Waals surface area (Å²) in [6, 6.07) is 16.8. The monoisotopic (exact) mass is 494 g/mol. The van der Waals surface area contributed by atoms with E-state index in [4.69, 9.17) is 32.7 Å². The SMILES string of the molecule is COc1ccc2c(c1)C1=C([C@H](c3ccc(Cl)cc3Cl)O2)[C@H](c2ccc(F)cc2)n2ncnc2N1. The van der Waals surface area contributed by atoms with Crippen LogP contribution in [0.5, 0.6) is 11.5 Å². The Balaban J connectivity index is 1.64. The molecule has 0 fully saturated rings. The van der Waals surface area contributed by atoms with Gasteiger partial charge in [0, 0.05) is 26.7 Å². The number of anilines is 1. The molecule has 0 amide bonds. The van der Waals surface area contributed by atoms with Gasteiger partial charge in [0.1, 0.15) is 29.7 Å². The number of benzene rings is 3. The number of halogens is 3. The maximum Gasteiger partial charge on any atom is 0.226 e. The van der Waals surface area contributed by atoms with E-state index in [0.717, 1.165) is 28.0 Å². The van der Waals surface area contributed by atoms with Gasteiger partial charge in [-0.1, -0.05) is 41.4 Å². The van der Waals surface area contributed by atoms with Crippen LogP contribution in [0, 0.1) is 5.82 Å². The second-order valence-corrected chi connectivity index (χ2v) is 8.81. The van der Waals surface area contributed by atoms with Crippen LogP contribution < -0.4 is 14.8 Å². The molecule has 0 unspecified atom stereocenters. The number of hydrogen-bond donors (Lipinski definition) is 1. The smallest absolute Gasteiger partial charge is 0.226 e. The van der Waals surface area contributed by atoms with Crippen LogP contribution in [0.2, 0.25) is 10.0 Å². The molecule has 2 aliphatic heterocycles. The van der Waals surface area contributed by atoms with Gasteiger partial charge >= 0.3 is 0 Å². The van der Waals surface area contributed by atoms with Crippen LogP contribution in [0.25, 0.3) is 5.70 Å². The van der Waals surface area contributed by atoms with E-state index < -0.39 is 12.1 Å². The first-order valence-corrected chi connectivity index (χ1v) is 11.2. The van der Waals surface area contributed by atoms with Crippen LogP contribution >= 0.6 is 23.2 Å². The molecule has 34 heavy (non-hydrogen) atoms. The van der Waals surface area contributed by atoms with Gasteiger partial charge in [-0.3, -0.25) is 0 Å². The van der Waals surface area contributed by atoms with Gasteiger partial charge in [0.05, 0.1) is 12.8 Å². The minimum atomic E-state index is -0.569. The molecule has 1 N–H and O–H groups in total. The molecular weight excluding hydrogens is 478 g/mol. The Labute approximate surface area is 204 Å². The zero-order chi connectivity index (χ0) is 23.4. The quantitative estimate of drug-likeness (QED) is 0.362. The predicted octanol–water partition coefficient (Wildman–Crippen LogP) is 6.29. The van der Waals surface area contributed by atoms with Gasteiger partial charge in [0.25, 0.3) is 0 Å². The highest BCUT2D eigenvalue weighted by Crippen LogP contribution is 2.52. The number of aromatic nitrogens is 3. The van der Waals surface area contributed by atoms with Crippen molar-refractivity contribution >= 4 is 34.8 Å². The van der Waals surface area contributed by atoms with Gasteiger partial charge < -0.3 is 14.8 Å². The molecule has 2 atom stereocenters. The van der Waals surface area contributed by atoms with Crippen LogP contribution in [0.1, 0.15) is 28.8 Å². The average molecular weight is 495 g/mol. The van der Waals surface area contributed by atoms with Crippen molar-refractivity contribution in [1.29, 1.82) is 0 Å². The van der Waals surface area contributed by atoms with E-state index in [1.807, 2.05) is 24.3 Å². The molecule has 0 radical (unpaired) electrons. The fourth-order valence-corrected chi connectivity index (χ4v) is 5.02. The Hall–Kier alpha value is -3.55. The minimum Gasteiger partial charge on any atom is -0.497 e. The van der Waals surface area contributed by atoms with Crippen LogP contribution in [-0.2, 0) is 0 Å². The van der Waals surface area contributed by atoms with Crippen molar-refractivity contribution in [2.75, 3.05) is 12.4 Å². The molecule has 0 saturated heterocycles. The molecule has 0 bridgehead atoms. The third-order valence-electron chi connectivity index (χ3n) is 6.05. The van der Waals surface area contributed by atoms with Crippen molar-refractivity contribution in [1.82, 2.24) is 14.8 Å². The summed E-state index contributed by atoms with van der Waals surface area (Å²) in [4.78, 5) is 4.40. The highest BCUT2D eigenvalue weighted by molar-refractivity contribution is 6.35. The predicted molar refractivity (Wildman–Crippen MR) is 128 cm³/mol. The third kappa shape index (κ3) is 3.31. The number of hydrogen-bond acceptors (Lipinski definition) is 5. The zero-order valence-corrected chi connectivity index (χ0v) is 19.3. The second kappa shape index (κ2) is 8.04. The topological polar surface area (TPSA) is 61.2 Å². The molecule has 0 saturated carbocycles. The molecule has 0 aliphatic carbocycles. The van der Waals surface area contributed by atoms with E-state index in [0.29, 0.717) is 27.5 Å². The van der Waals surface area contributed by atoms with Crippen molar-refractivity contribution in [3.8, 4) is 11.5 Å². The summed E-state index contributed by atoms with van der Waals surface area (Å²) in [5.74, 6) is 1.58. The Kier molecular flexibility index (Phi) is 4.97. The first kappa shape index (κ1) is 21.0. The van der Waals surface area contributed by atoms with Crippen LogP contribution in [0.15, 0.2) is 72.6 Å². The first-order valence-electron chi connectivity index (χ1n) is 10.5. The molecule has 6 rings (SSSR count). The Morgan fingerprint density at radius 3 is 2.65 bits per heavy atom. The number of methoxy groups -OCH3 is 1. The van der Waals surface area contributed by atoms with Crippen molar-refractivity contribution in [3.63, 3.8) is 0 Å². The lowest BCUT2D eigenvalue weighted by Gasteiger charge is -2.39. The fourth-order valence-electron chi connectivity index (χ4n) is 4.51. The lowest BCUT2D eigenvalue weighted by atomic mass is 9.84. The van der Waals surface area contributed by atoms with Crippen molar-refractivity contribution in [3.05, 3.63) is 105 Å². The normalized spacial score (nSPS) is 18.4. The van der Waals surface area contributed by atoms with Gasteiger partial charge in [0.2, 0.25) is 5.95 Å². The summed E-state index contributed by atoms with van der Waals surface area (Å²) >= 11 is 12.8. The molecule has 4 aromatic rings. The van der Waals surface area contributed by atoms with E-state index in [1.165, 1.54) is 18.5 Å². The fraction of sp³-hybridized carbons (Fsp3) is 0.120. The van der Waals surface area contributed by atoms with E-state index >= 15 is 0 Å². The summed E-state index contributed by atoms with van der Waals surface area (Å²) in [6.07, 6.45) is 0.912. The van der Waals surface area contributed by atoms with Crippen LogP contribution in [0.3, 0.4) is 0 Å². The number of ether oxygens (including phenoxy) is 2. The zero-order valence-electron chi connectivity index (χ0n) is 17.8. The standard InChI is InChI=1S/C25H17Cl2FN4O2/c1-33-16-7-9-20-18(11-16)22-21(24(34-20)17-8-4-14(26)10-19(17)27)23(13-2-5-15(28)6-3-13)32-25(31-22)29-12-30-32/h2-12,23-24H,1H3,(H,29,30,31)/t23-,24-/m0/s1. The highest BCUT2D eigenvalue weighted by Gasteiger charge is 2.41. The Morgan fingerprint density at radius 2 is 1.88 bits per heavy atom. The lowest BCUT2D eigenvalue weighted by molar-refractivity contribution is 0.223. The van der Waals surface area contributed by atoms with Crippen molar-refractivity contribution in [2.45, 2.75) is 12.1 Å². The van der Waals surface area contributed by atoms with Gasteiger partial charge in [-0.25, -0.2) is 9.07 Å². The number of fused-ring (bicyclic) bond motifs is 3. The summed E-state index contributed by atoms with van der Waals surface area (Å²) in [5, 5.41) is 8.88. The molecule has 2 aliphatic rings. The van der Waals surface area contributed by atoms with Crippen LogP contribution in [-0.4, -0.2) is 21.9 Å². The minimum absolute atomic E-state index is 0.321. The second-order valence-electron chi connectivity index (χ2n) is 7.96. The largest absolute Gasteiger partial charge is 0.497 e. The maximum absolute atomic E-state index is 13.8. The van der Waals surface area contributed by atoms with E-state index in [9.17, 15) is 4.39 Å². The molecule has 3 heterocycles. The van der Waals surface area contributed by atoms with E-state index in [-0.39, 0.29) is 5.82 Å². The molecular formula is C25H17Cl2FN4O2. The van der Waals surface area contributed by atoms with Gasteiger partial charge in [-0.05, 0) is 48.0 Å². The van der Waals surface area contributed by atoms with E-state index in [1.54, 1.807) is 36.1 Å². The number of nitrogens with one attached hydrogen (secondary N) is 1. The molecule has 9 heteroatoms. The van der Waals surface area contributed by atoms with Crippen molar-refractivity contribution in [2.24, 2.45) is 0 Å². The molecule has 6 nitrogen and oxygen atoms in total. The van der Waals surface area contributed by atoms with E-state index in [2.05, 4.69) is 15.4 Å². The van der Waals surface area contributed by atoms with Crippen molar-refractivity contribution < 1.29 is 13.9 Å². The van der Waals surface area contributed by atoms with Gasteiger partial charge in [0.15, 0.2) is 6.10 Å². The summed E-state index contributed by atoms with van der Waals surface area (Å²) in [6.45, 7) is 0.